The number of imide groups is 1. The molecule has 7 nitrogen and oxygen atoms in total. The van der Waals surface area contributed by atoms with Gasteiger partial charge in [-0.15, -0.1) is 0 Å². The normalized spacial score (nSPS) is 19.9. The van der Waals surface area contributed by atoms with E-state index in [1.807, 2.05) is 27.7 Å². The fourth-order valence-corrected chi connectivity index (χ4v) is 3.35. The van der Waals surface area contributed by atoms with Crippen molar-refractivity contribution in [2.24, 2.45) is 0 Å². The van der Waals surface area contributed by atoms with Crippen LogP contribution in [0, 0.1) is 0 Å². The van der Waals surface area contributed by atoms with Gasteiger partial charge in [0.25, 0.3) is 5.91 Å². The summed E-state index contributed by atoms with van der Waals surface area (Å²) < 4.78 is 5.12. The zero-order valence-electron chi connectivity index (χ0n) is 16.2. The highest BCUT2D eigenvalue weighted by Gasteiger charge is 2.49. The lowest BCUT2D eigenvalue weighted by Gasteiger charge is -2.32. The maximum atomic E-state index is 12.9. The van der Waals surface area contributed by atoms with Crippen LogP contribution in [0.15, 0.2) is 24.3 Å². The van der Waals surface area contributed by atoms with Gasteiger partial charge in [0.2, 0.25) is 5.91 Å². The van der Waals surface area contributed by atoms with Crippen LogP contribution >= 0.6 is 0 Å². The Balaban J connectivity index is 2.23. The van der Waals surface area contributed by atoms with Crippen LogP contribution in [-0.4, -0.2) is 53.4 Å². The molecule has 1 aliphatic heterocycles. The Bertz CT molecular complexity index is 691. The van der Waals surface area contributed by atoms with E-state index < -0.39 is 17.5 Å². The second-order valence-electron chi connectivity index (χ2n) is 7.16. The van der Waals surface area contributed by atoms with E-state index in [0.717, 1.165) is 4.90 Å². The van der Waals surface area contributed by atoms with E-state index in [-0.39, 0.29) is 24.5 Å². The fraction of sp³-hybridized carbons (Fsp3) is 0.526. The molecule has 1 fully saturated rings. The van der Waals surface area contributed by atoms with Crippen molar-refractivity contribution in [1.82, 2.24) is 15.1 Å². The van der Waals surface area contributed by atoms with Crippen LogP contribution in [0.4, 0.5) is 4.79 Å². The van der Waals surface area contributed by atoms with Crippen LogP contribution in [-0.2, 0) is 15.1 Å². The topological polar surface area (TPSA) is 79.0 Å². The predicted molar refractivity (Wildman–Crippen MR) is 97.7 cm³/mol. The average molecular weight is 361 g/mol. The van der Waals surface area contributed by atoms with Crippen LogP contribution in [0.25, 0.3) is 0 Å². The number of urea groups is 1. The van der Waals surface area contributed by atoms with Crippen LogP contribution in [0.5, 0.6) is 5.75 Å². The van der Waals surface area contributed by atoms with Gasteiger partial charge < -0.3 is 15.0 Å². The number of methoxy groups -OCH3 is 1. The molecule has 1 aromatic rings. The molecule has 4 amide bonds. The lowest BCUT2D eigenvalue weighted by atomic mass is 9.92. The fourth-order valence-electron chi connectivity index (χ4n) is 3.35. The molecule has 0 unspecified atom stereocenters. The summed E-state index contributed by atoms with van der Waals surface area (Å²) in [6.07, 6.45) is 0. The molecule has 0 radical (unpaired) electrons. The summed E-state index contributed by atoms with van der Waals surface area (Å²) in [5.74, 6) is -0.0309. The molecule has 1 atom stereocenters. The number of benzene rings is 1. The third-order valence-electron chi connectivity index (χ3n) is 4.64. The second-order valence-corrected chi connectivity index (χ2v) is 7.16. The molecule has 0 saturated carbocycles. The van der Waals surface area contributed by atoms with Gasteiger partial charge in [-0.25, -0.2) is 4.79 Å². The van der Waals surface area contributed by atoms with Crippen molar-refractivity contribution in [3.63, 3.8) is 0 Å². The Morgan fingerprint density at radius 3 is 2.15 bits per heavy atom. The Morgan fingerprint density at radius 1 is 1.15 bits per heavy atom. The van der Waals surface area contributed by atoms with Gasteiger partial charge in [0.1, 0.15) is 17.8 Å². The first-order valence-corrected chi connectivity index (χ1v) is 8.71. The smallest absolute Gasteiger partial charge is 0.325 e. The Labute approximate surface area is 154 Å². The maximum absolute atomic E-state index is 12.9. The first-order valence-electron chi connectivity index (χ1n) is 8.71. The van der Waals surface area contributed by atoms with Crippen LogP contribution in [0.3, 0.4) is 0 Å². The molecule has 142 valence electrons. The van der Waals surface area contributed by atoms with Gasteiger partial charge in [-0.1, -0.05) is 12.1 Å². The van der Waals surface area contributed by atoms with Crippen LogP contribution in [0.2, 0.25) is 0 Å². The number of nitrogens with one attached hydrogen (secondary N) is 1. The minimum absolute atomic E-state index is 0.0174. The van der Waals surface area contributed by atoms with E-state index in [1.54, 1.807) is 43.2 Å². The molecule has 1 saturated heterocycles. The molecule has 0 spiro atoms. The molecule has 0 bridgehead atoms. The van der Waals surface area contributed by atoms with Gasteiger partial charge in [-0.05, 0) is 52.3 Å². The van der Waals surface area contributed by atoms with Gasteiger partial charge in [0.05, 0.1) is 7.11 Å². The molecule has 1 heterocycles. The summed E-state index contributed by atoms with van der Waals surface area (Å²) >= 11 is 0. The Hall–Kier alpha value is -2.57. The zero-order valence-corrected chi connectivity index (χ0v) is 16.2. The maximum Gasteiger partial charge on any atom is 0.325 e. The van der Waals surface area contributed by atoms with Crippen molar-refractivity contribution in [3.8, 4) is 5.75 Å². The molecule has 26 heavy (non-hydrogen) atoms. The summed E-state index contributed by atoms with van der Waals surface area (Å²) in [6, 6.07) is 6.33. The molecule has 0 aliphatic carbocycles. The minimum atomic E-state index is -1.20. The minimum Gasteiger partial charge on any atom is -0.497 e. The predicted octanol–water partition coefficient (Wildman–Crippen LogP) is 2.11. The van der Waals surface area contributed by atoms with Crippen LogP contribution in [0.1, 0.15) is 40.2 Å². The summed E-state index contributed by atoms with van der Waals surface area (Å²) in [5.41, 5.74) is -0.569. The van der Waals surface area contributed by atoms with E-state index in [4.69, 9.17) is 4.74 Å². The van der Waals surface area contributed by atoms with Crippen molar-refractivity contribution >= 4 is 17.8 Å². The van der Waals surface area contributed by atoms with Gasteiger partial charge >= 0.3 is 6.03 Å². The average Bonchev–Trinajstić information content (AvgIpc) is 2.78. The molecule has 0 aromatic heterocycles. The summed E-state index contributed by atoms with van der Waals surface area (Å²) in [4.78, 5) is 40.6. The number of amides is 4. The molecular formula is C19H27N3O4. The molecule has 1 aromatic carbocycles. The van der Waals surface area contributed by atoms with Crippen molar-refractivity contribution in [2.45, 2.75) is 52.2 Å². The summed E-state index contributed by atoms with van der Waals surface area (Å²) in [7, 11) is 1.56. The van der Waals surface area contributed by atoms with Crippen LogP contribution < -0.4 is 10.1 Å². The third kappa shape index (κ3) is 3.52. The monoisotopic (exact) mass is 361 g/mol. The van der Waals surface area contributed by atoms with Crippen molar-refractivity contribution in [2.75, 3.05) is 13.7 Å². The lowest BCUT2D eigenvalue weighted by molar-refractivity contribution is -0.141. The molecule has 1 aliphatic rings. The van der Waals surface area contributed by atoms with E-state index in [9.17, 15) is 14.4 Å². The quantitative estimate of drug-likeness (QED) is 0.787. The van der Waals surface area contributed by atoms with Crippen molar-refractivity contribution in [3.05, 3.63) is 29.8 Å². The highest BCUT2D eigenvalue weighted by Crippen LogP contribution is 2.30. The van der Waals surface area contributed by atoms with Crippen molar-refractivity contribution in [1.29, 1.82) is 0 Å². The number of nitrogens with zero attached hydrogens (tertiary/aromatic N) is 2. The first-order chi connectivity index (χ1) is 12.1. The van der Waals surface area contributed by atoms with Gasteiger partial charge in [0, 0.05) is 12.1 Å². The standard InChI is InChI=1S/C19H27N3O4/c1-12(2)22(13(3)4)16(23)11-21-17(24)19(5,20-18(21)25)14-7-9-15(26-6)10-8-14/h7-10,12-13H,11H2,1-6H3,(H,20,25)/t19-/m1/s1. The third-order valence-corrected chi connectivity index (χ3v) is 4.64. The molecule has 7 heteroatoms. The summed E-state index contributed by atoms with van der Waals surface area (Å²) in [6.45, 7) is 9.00. The molecule has 2 rings (SSSR count). The highest BCUT2D eigenvalue weighted by atomic mass is 16.5. The molecule has 1 N–H and O–H groups in total. The number of carbonyl (C=O) groups is 3. The van der Waals surface area contributed by atoms with Gasteiger partial charge in [-0.2, -0.15) is 0 Å². The lowest BCUT2D eigenvalue weighted by Crippen LogP contribution is -2.49. The number of hydrogen-bond acceptors (Lipinski definition) is 4. The summed E-state index contributed by atoms with van der Waals surface area (Å²) in [5, 5.41) is 2.71. The SMILES string of the molecule is COc1ccc([C@@]2(C)NC(=O)N(CC(=O)N(C(C)C)C(C)C)C2=O)cc1. The molecular weight excluding hydrogens is 334 g/mol. The number of carbonyl (C=O) groups excluding carboxylic acids is 3. The van der Waals surface area contributed by atoms with Gasteiger partial charge in [0.15, 0.2) is 0 Å². The Kier molecular flexibility index (Phi) is 5.59. The Morgan fingerprint density at radius 2 is 1.69 bits per heavy atom. The van der Waals surface area contributed by atoms with E-state index in [0.29, 0.717) is 11.3 Å². The van der Waals surface area contributed by atoms with E-state index >= 15 is 0 Å². The first kappa shape index (κ1) is 19.8. The largest absolute Gasteiger partial charge is 0.497 e. The zero-order chi connectivity index (χ0) is 19.6. The number of hydrogen-bond donors (Lipinski definition) is 1. The second kappa shape index (κ2) is 7.35. The number of ether oxygens (including phenoxy) is 1. The van der Waals surface area contributed by atoms with Crippen molar-refractivity contribution < 1.29 is 19.1 Å². The van der Waals surface area contributed by atoms with E-state index in [2.05, 4.69) is 5.32 Å². The highest BCUT2D eigenvalue weighted by molar-refractivity contribution is 6.09. The van der Waals surface area contributed by atoms with E-state index in [1.165, 1.54) is 0 Å². The van der Waals surface area contributed by atoms with Gasteiger partial charge in [-0.3, -0.25) is 14.5 Å². The number of rotatable bonds is 6.